The quantitative estimate of drug-likeness (QED) is 0.716. The minimum absolute atomic E-state index is 0.0100. The molecular weight excluding hydrogens is 258 g/mol. The molecule has 0 heterocycles. The molecule has 0 spiro atoms. The molecule has 1 amide bonds. The average molecular weight is 289 g/mol. The highest BCUT2D eigenvalue weighted by Gasteiger charge is 2.30. The highest BCUT2D eigenvalue weighted by molar-refractivity contribution is 5.95. The predicted molar refractivity (Wildman–Crippen MR) is 91.7 cm³/mol. The van der Waals surface area contributed by atoms with E-state index in [-0.39, 0.29) is 17.2 Å². The lowest BCUT2D eigenvalue weighted by molar-refractivity contribution is -0.124. The van der Waals surface area contributed by atoms with Crippen molar-refractivity contribution in [1.29, 1.82) is 0 Å². The molecule has 0 aliphatic rings. The number of unbranched alkanes of at least 4 members (excludes halogenated alkanes) is 1. The van der Waals surface area contributed by atoms with E-state index in [2.05, 4.69) is 58.9 Å². The van der Waals surface area contributed by atoms with E-state index in [1.54, 1.807) is 0 Å². The van der Waals surface area contributed by atoms with Gasteiger partial charge < -0.3 is 4.90 Å². The Balaban J connectivity index is 3.07. The summed E-state index contributed by atoms with van der Waals surface area (Å²) < 4.78 is 0. The Bertz CT molecular complexity index is 459. The highest BCUT2D eigenvalue weighted by atomic mass is 16.2. The standard InChI is InChI=1S/C19H31NO/c1-7-9-13-20(18(21)15(3)19(4,5)6)17-12-10-11-16(8-2)14-17/h10-12,14-15H,7-9,13H2,1-6H3. The van der Waals surface area contributed by atoms with Gasteiger partial charge in [0.1, 0.15) is 0 Å². The van der Waals surface area contributed by atoms with Crippen molar-refractivity contribution in [2.24, 2.45) is 11.3 Å². The van der Waals surface area contributed by atoms with Gasteiger partial charge in [-0.15, -0.1) is 0 Å². The number of aryl methyl sites for hydroxylation is 1. The summed E-state index contributed by atoms with van der Waals surface area (Å²) in [7, 11) is 0. The molecule has 2 nitrogen and oxygen atoms in total. The summed E-state index contributed by atoms with van der Waals surface area (Å²) in [5.41, 5.74) is 2.32. The van der Waals surface area contributed by atoms with E-state index < -0.39 is 0 Å². The van der Waals surface area contributed by atoms with E-state index in [0.29, 0.717) is 0 Å². The molecule has 1 aromatic carbocycles. The van der Waals surface area contributed by atoms with Crippen LogP contribution < -0.4 is 4.90 Å². The fourth-order valence-corrected chi connectivity index (χ4v) is 2.23. The Kier molecular flexibility index (Phi) is 6.44. The van der Waals surface area contributed by atoms with E-state index >= 15 is 0 Å². The van der Waals surface area contributed by atoms with E-state index in [1.807, 2.05) is 11.8 Å². The molecule has 0 N–H and O–H groups in total. The minimum atomic E-state index is -0.0100. The molecule has 1 rings (SSSR count). The summed E-state index contributed by atoms with van der Waals surface area (Å²) in [5.74, 6) is 0.254. The van der Waals surface area contributed by atoms with Gasteiger partial charge >= 0.3 is 0 Å². The molecule has 1 atom stereocenters. The van der Waals surface area contributed by atoms with Crippen molar-refractivity contribution in [3.63, 3.8) is 0 Å². The van der Waals surface area contributed by atoms with Crippen molar-refractivity contribution < 1.29 is 4.79 Å². The molecule has 0 saturated carbocycles. The number of rotatable bonds is 6. The van der Waals surface area contributed by atoms with E-state index in [4.69, 9.17) is 0 Å². The Morgan fingerprint density at radius 3 is 2.43 bits per heavy atom. The van der Waals surface area contributed by atoms with Gasteiger partial charge in [-0.2, -0.15) is 0 Å². The molecule has 0 aromatic heterocycles. The number of amides is 1. The minimum Gasteiger partial charge on any atom is -0.312 e. The molecule has 0 bridgehead atoms. The Morgan fingerprint density at radius 2 is 1.90 bits per heavy atom. The summed E-state index contributed by atoms with van der Waals surface area (Å²) in [4.78, 5) is 14.9. The third kappa shape index (κ3) is 4.87. The van der Waals surface area contributed by atoms with Crippen molar-refractivity contribution in [3.8, 4) is 0 Å². The summed E-state index contributed by atoms with van der Waals surface area (Å²) >= 11 is 0. The Morgan fingerprint density at radius 1 is 1.24 bits per heavy atom. The summed E-state index contributed by atoms with van der Waals surface area (Å²) in [5, 5.41) is 0. The van der Waals surface area contributed by atoms with Crippen LogP contribution in [0.4, 0.5) is 5.69 Å². The van der Waals surface area contributed by atoms with Crippen LogP contribution >= 0.6 is 0 Å². The van der Waals surface area contributed by atoms with Crippen LogP contribution in [-0.2, 0) is 11.2 Å². The van der Waals surface area contributed by atoms with Crippen molar-refractivity contribution in [3.05, 3.63) is 29.8 Å². The maximum atomic E-state index is 12.9. The van der Waals surface area contributed by atoms with Crippen molar-refractivity contribution >= 4 is 11.6 Å². The van der Waals surface area contributed by atoms with Gasteiger partial charge in [-0.1, -0.05) is 60.1 Å². The van der Waals surface area contributed by atoms with E-state index in [1.165, 1.54) is 5.56 Å². The largest absolute Gasteiger partial charge is 0.312 e. The van der Waals surface area contributed by atoms with Crippen LogP contribution in [0.15, 0.2) is 24.3 Å². The molecule has 0 aliphatic carbocycles. The van der Waals surface area contributed by atoms with Gasteiger partial charge in [0.25, 0.3) is 0 Å². The second-order valence-electron chi connectivity index (χ2n) is 6.95. The van der Waals surface area contributed by atoms with Gasteiger partial charge in [0.15, 0.2) is 0 Å². The fraction of sp³-hybridized carbons (Fsp3) is 0.632. The second kappa shape index (κ2) is 7.63. The molecule has 2 heteroatoms. The Labute approximate surface area is 130 Å². The highest BCUT2D eigenvalue weighted by Crippen LogP contribution is 2.29. The molecule has 1 aromatic rings. The van der Waals surface area contributed by atoms with Gasteiger partial charge in [0, 0.05) is 18.2 Å². The molecular formula is C19H31NO. The lowest BCUT2D eigenvalue weighted by Gasteiger charge is -2.32. The van der Waals surface area contributed by atoms with E-state index in [0.717, 1.165) is 31.5 Å². The summed E-state index contributed by atoms with van der Waals surface area (Å²) in [6.45, 7) is 13.6. The number of anilines is 1. The normalized spacial score (nSPS) is 13.0. The lowest BCUT2D eigenvalue weighted by atomic mass is 9.81. The summed E-state index contributed by atoms with van der Waals surface area (Å²) in [6.07, 6.45) is 3.14. The van der Waals surface area contributed by atoms with Crippen LogP contribution in [0.5, 0.6) is 0 Å². The van der Waals surface area contributed by atoms with Crippen LogP contribution in [0.1, 0.15) is 59.9 Å². The zero-order chi connectivity index (χ0) is 16.0. The van der Waals surface area contributed by atoms with Gasteiger partial charge in [-0.3, -0.25) is 4.79 Å². The monoisotopic (exact) mass is 289 g/mol. The molecule has 118 valence electrons. The van der Waals surface area contributed by atoms with Gasteiger partial charge in [0.05, 0.1) is 0 Å². The molecule has 0 radical (unpaired) electrons. The average Bonchev–Trinajstić information content (AvgIpc) is 2.45. The number of carbonyl (C=O) groups excluding carboxylic acids is 1. The van der Waals surface area contributed by atoms with Gasteiger partial charge in [0.2, 0.25) is 5.91 Å². The molecule has 1 unspecified atom stereocenters. The molecule has 21 heavy (non-hydrogen) atoms. The number of benzene rings is 1. The smallest absolute Gasteiger partial charge is 0.230 e. The number of nitrogens with zero attached hydrogens (tertiary/aromatic N) is 1. The van der Waals surface area contributed by atoms with Crippen LogP contribution in [0.3, 0.4) is 0 Å². The van der Waals surface area contributed by atoms with Crippen LogP contribution in [0.25, 0.3) is 0 Å². The molecule has 0 saturated heterocycles. The number of carbonyl (C=O) groups is 1. The maximum absolute atomic E-state index is 12.9. The first-order chi connectivity index (χ1) is 9.81. The third-order valence-corrected chi connectivity index (χ3v) is 4.30. The first-order valence-electron chi connectivity index (χ1n) is 8.21. The van der Waals surface area contributed by atoms with Crippen molar-refractivity contribution in [2.45, 2.75) is 60.8 Å². The molecule has 0 aliphatic heterocycles. The van der Waals surface area contributed by atoms with Crippen molar-refractivity contribution in [1.82, 2.24) is 0 Å². The zero-order valence-electron chi connectivity index (χ0n) is 14.6. The van der Waals surface area contributed by atoms with Gasteiger partial charge in [-0.05, 0) is 36.0 Å². The SMILES string of the molecule is CCCCN(C(=O)C(C)C(C)(C)C)c1cccc(CC)c1. The van der Waals surface area contributed by atoms with Gasteiger partial charge in [-0.25, -0.2) is 0 Å². The number of hydrogen-bond donors (Lipinski definition) is 0. The van der Waals surface area contributed by atoms with E-state index in [9.17, 15) is 4.79 Å². The third-order valence-electron chi connectivity index (χ3n) is 4.30. The van der Waals surface area contributed by atoms with Crippen LogP contribution in [0, 0.1) is 11.3 Å². The maximum Gasteiger partial charge on any atom is 0.230 e. The topological polar surface area (TPSA) is 20.3 Å². The van der Waals surface area contributed by atoms with Crippen LogP contribution in [-0.4, -0.2) is 12.5 Å². The van der Waals surface area contributed by atoms with Crippen LogP contribution in [0.2, 0.25) is 0 Å². The first kappa shape index (κ1) is 17.7. The first-order valence-corrected chi connectivity index (χ1v) is 8.21. The number of hydrogen-bond acceptors (Lipinski definition) is 1. The summed E-state index contributed by atoms with van der Waals surface area (Å²) in [6, 6.07) is 8.40. The fourth-order valence-electron chi connectivity index (χ4n) is 2.23. The zero-order valence-corrected chi connectivity index (χ0v) is 14.6. The molecule has 0 fully saturated rings. The van der Waals surface area contributed by atoms with Crippen molar-refractivity contribution in [2.75, 3.05) is 11.4 Å². The lowest BCUT2D eigenvalue weighted by Crippen LogP contribution is -2.40. The Hall–Kier alpha value is -1.31. The second-order valence-corrected chi connectivity index (χ2v) is 6.95. The predicted octanol–water partition coefficient (Wildman–Crippen LogP) is 5.06.